The molecular formula is C23H25NO4. The van der Waals surface area contributed by atoms with Gasteiger partial charge in [0.15, 0.2) is 0 Å². The van der Waals surface area contributed by atoms with E-state index in [0.29, 0.717) is 11.1 Å². The molecule has 2 fully saturated rings. The van der Waals surface area contributed by atoms with E-state index in [1.165, 1.54) is 0 Å². The maximum Gasteiger partial charge on any atom is 0.338 e. The summed E-state index contributed by atoms with van der Waals surface area (Å²) in [5.74, 6) is -0.627. The molecule has 0 amide bonds. The number of rotatable bonds is 4. The van der Waals surface area contributed by atoms with Crippen molar-refractivity contribution in [3.05, 3.63) is 71.8 Å². The molecular weight excluding hydrogens is 354 g/mol. The Balaban J connectivity index is 1.49. The summed E-state index contributed by atoms with van der Waals surface area (Å²) in [6.07, 6.45) is 2.99. The van der Waals surface area contributed by atoms with E-state index in [1.54, 1.807) is 24.3 Å². The van der Waals surface area contributed by atoms with Gasteiger partial charge in [-0.25, -0.2) is 9.59 Å². The minimum absolute atomic E-state index is 0.0807. The van der Waals surface area contributed by atoms with Gasteiger partial charge in [0, 0.05) is 0 Å². The second-order valence-corrected chi connectivity index (χ2v) is 7.43. The summed E-state index contributed by atoms with van der Waals surface area (Å²) >= 11 is 0. The number of benzene rings is 2. The molecule has 0 spiro atoms. The van der Waals surface area contributed by atoms with Gasteiger partial charge in [-0.15, -0.1) is 0 Å². The van der Waals surface area contributed by atoms with E-state index in [2.05, 4.69) is 4.90 Å². The second-order valence-electron chi connectivity index (χ2n) is 7.43. The number of ether oxygens (including phenoxy) is 2. The summed E-state index contributed by atoms with van der Waals surface area (Å²) in [6, 6.07) is 18.0. The topological polar surface area (TPSA) is 55.8 Å². The summed E-state index contributed by atoms with van der Waals surface area (Å²) in [6.45, 7) is 1.90. The van der Waals surface area contributed by atoms with Crippen molar-refractivity contribution in [1.29, 1.82) is 0 Å². The molecule has 2 aromatic carbocycles. The molecule has 28 heavy (non-hydrogen) atoms. The molecule has 0 aromatic heterocycles. The quantitative estimate of drug-likeness (QED) is 0.759. The van der Waals surface area contributed by atoms with Crippen LogP contribution in [0.15, 0.2) is 60.7 Å². The highest BCUT2D eigenvalue weighted by atomic mass is 16.6. The van der Waals surface area contributed by atoms with Gasteiger partial charge in [-0.3, -0.25) is 4.90 Å². The number of hydrogen-bond acceptors (Lipinski definition) is 5. The number of piperidine rings is 2. The maximum absolute atomic E-state index is 12.6. The fourth-order valence-electron chi connectivity index (χ4n) is 4.27. The number of carbonyl (C=O) groups is 2. The van der Waals surface area contributed by atoms with Gasteiger partial charge in [-0.2, -0.15) is 0 Å². The highest BCUT2D eigenvalue weighted by Gasteiger charge is 2.43. The summed E-state index contributed by atoms with van der Waals surface area (Å²) < 4.78 is 11.8. The zero-order valence-electron chi connectivity index (χ0n) is 15.8. The van der Waals surface area contributed by atoms with Gasteiger partial charge in [0.2, 0.25) is 0 Å². The molecule has 5 nitrogen and oxygen atoms in total. The van der Waals surface area contributed by atoms with Crippen LogP contribution in [0.1, 0.15) is 46.4 Å². The van der Waals surface area contributed by atoms with Gasteiger partial charge in [-0.05, 0) is 63.0 Å². The summed E-state index contributed by atoms with van der Waals surface area (Å²) in [5, 5.41) is 0. The van der Waals surface area contributed by atoms with Crippen LogP contribution in [0.3, 0.4) is 0 Å². The van der Waals surface area contributed by atoms with Crippen molar-refractivity contribution in [1.82, 2.24) is 4.90 Å². The Morgan fingerprint density at radius 3 is 1.57 bits per heavy atom. The molecule has 146 valence electrons. The van der Waals surface area contributed by atoms with Crippen molar-refractivity contribution in [2.45, 2.75) is 43.9 Å². The van der Waals surface area contributed by atoms with Gasteiger partial charge in [0.05, 0.1) is 17.2 Å². The smallest absolute Gasteiger partial charge is 0.338 e. The largest absolute Gasteiger partial charge is 0.457 e. The molecule has 0 bridgehead atoms. The monoisotopic (exact) mass is 379 g/mol. The maximum atomic E-state index is 12.6. The molecule has 2 aromatic rings. The average molecular weight is 379 g/mol. The SMILES string of the molecule is O=C(O[C@H]1CCCN2CCC[C@@H](OC(=O)c3ccccc3)C12)c1ccccc1. The van der Waals surface area contributed by atoms with E-state index in [9.17, 15) is 9.59 Å². The number of esters is 2. The predicted octanol–water partition coefficient (Wildman–Crippen LogP) is 3.70. The average Bonchev–Trinajstić information content (AvgIpc) is 2.75. The van der Waals surface area contributed by atoms with E-state index in [1.807, 2.05) is 36.4 Å². The Kier molecular flexibility index (Phi) is 5.72. The van der Waals surface area contributed by atoms with Crippen LogP contribution >= 0.6 is 0 Å². The third kappa shape index (κ3) is 4.09. The number of carbonyl (C=O) groups excluding carboxylic acids is 2. The van der Waals surface area contributed by atoms with Crippen molar-refractivity contribution in [3.8, 4) is 0 Å². The molecule has 2 aliphatic rings. The molecule has 3 atom stereocenters. The van der Waals surface area contributed by atoms with Crippen LogP contribution in [-0.4, -0.2) is 48.2 Å². The lowest BCUT2D eigenvalue weighted by molar-refractivity contribution is -0.0905. The molecule has 1 unspecified atom stereocenters. The molecule has 0 aliphatic carbocycles. The van der Waals surface area contributed by atoms with Crippen LogP contribution in [0.2, 0.25) is 0 Å². The lowest BCUT2D eigenvalue weighted by atomic mass is 9.88. The van der Waals surface area contributed by atoms with Crippen molar-refractivity contribution in [3.63, 3.8) is 0 Å². The molecule has 5 heteroatoms. The molecule has 0 radical (unpaired) electrons. The van der Waals surface area contributed by atoms with Gasteiger partial charge in [-0.1, -0.05) is 36.4 Å². The van der Waals surface area contributed by atoms with Crippen molar-refractivity contribution < 1.29 is 19.1 Å². The van der Waals surface area contributed by atoms with E-state index in [0.717, 1.165) is 38.8 Å². The number of nitrogens with zero attached hydrogens (tertiary/aromatic N) is 1. The molecule has 0 saturated carbocycles. The Hall–Kier alpha value is -2.66. The van der Waals surface area contributed by atoms with Crippen LogP contribution in [0.4, 0.5) is 0 Å². The standard InChI is InChI=1S/C23H25NO4/c25-22(17-9-3-1-4-10-17)27-19-13-7-15-24-16-8-14-20(21(19)24)28-23(26)18-11-5-2-6-12-18/h1-6,9-12,19-21H,7-8,13-16H2/t19-,20+,21?. The van der Waals surface area contributed by atoms with Gasteiger partial charge >= 0.3 is 11.9 Å². The Labute approximate surface area is 165 Å². The number of fused-ring (bicyclic) bond motifs is 1. The molecule has 2 heterocycles. The van der Waals surface area contributed by atoms with Crippen molar-refractivity contribution in [2.24, 2.45) is 0 Å². The van der Waals surface area contributed by atoms with Gasteiger partial charge in [0.25, 0.3) is 0 Å². The van der Waals surface area contributed by atoms with Gasteiger partial charge in [0.1, 0.15) is 12.2 Å². The Morgan fingerprint density at radius 2 is 1.14 bits per heavy atom. The Morgan fingerprint density at radius 1 is 0.714 bits per heavy atom. The number of hydrogen-bond donors (Lipinski definition) is 0. The first kappa shape index (κ1) is 18.7. The first-order valence-corrected chi connectivity index (χ1v) is 9.98. The van der Waals surface area contributed by atoms with Crippen molar-refractivity contribution in [2.75, 3.05) is 13.1 Å². The fourth-order valence-corrected chi connectivity index (χ4v) is 4.27. The summed E-state index contributed by atoms with van der Waals surface area (Å²) in [5.41, 5.74) is 1.10. The van der Waals surface area contributed by atoms with E-state index >= 15 is 0 Å². The van der Waals surface area contributed by atoms with Crippen LogP contribution in [-0.2, 0) is 9.47 Å². The minimum atomic E-state index is -0.314. The van der Waals surface area contributed by atoms with Gasteiger partial charge < -0.3 is 9.47 Å². The predicted molar refractivity (Wildman–Crippen MR) is 105 cm³/mol. The lowest BCUT2D eigenvalue weighted by Gasteiger charge is -2.47. The van der Waals surface area contributed by atoms with Crippen LogP contribution < -0.4 is 0 Å². The molecule has 2 saturated heterocycles. The normalized spacial score (nSPS) is 24.8. The van der Waals surface area contributed by atoms with E-state index in [-0.39, 0.29) is 30.2 Å². The lowest BCUT2D eigenvalue weighted by Crippen LogP contribution is -2.59. The van der Waals surface area contributed by atoms with Crippen molar-refractivity contribution >= 4 is 11.9 Å². The van der Waals surface area contributed by atoms with E-state index < -0.39 is 0 Å². The zero-order valence-corrected chi connectivity index (χ0v) is 15.8. The fraction of sp³-hybridized carbons (Fsp3) is 0.391. The van der Waals surface area contributed by atoms with Crippen LogP contribution in [0.5, 0.6) is 0 Å². The molecule has 4 rings (SSSR count). The third-order valence-corrected chi connectivity index (χ3v) is 5.59. The first-order chi connectivity index (χ1) is 13.7. The zero-order chi connectivity index (χ0) is 19.3. The first-order valence-electron chi connectivity index (χ1n) is 9.98. The van der Waals surface area contributed by atoms with Crippen LogP contribution in [0, 0.1) is 0 Å². The molecule has 0 N–H and O–H groups in total. The molecule has 2 aliphatic heterocycles. The highest BCUT2D eigenvalue weighted by Crippen LogP contribution is 2.31. The Bertz CT molecular complexity index is 740. The summed E-state index contributed by atoms with van der Waals surface area (Å²) in [7, 11) is 0. The van der Waals surface area contributed by atoms with Crippen LogP contribution in [0.25, 0.3) is 0 Å². The second kappa shape index (κ2) is 8.57. The third-order valence-electron chi connectivity index (χ3n) is 5.59. The minimum Gasteiger partial charge on any atom is -0.457 e. The highest BCUT2D eigenvalue weighted by molar-refractivity contribution is 5.90. The van der Waals surface area contributed by atoms with E-state index in [4.69, 9.17) is 9.47 Å². The summed E-state index contributed by atoms with van der Waals surface area (Å²) in [4.78, 5) is 27.5.